The Morgan fingerprint density at radius 1 is 0.424 bits per heavy atom. The van der Waals surface area contributed by atoms with Crippen LogP contribution in [0.3, 0.4) is 0 Å². The molecule has 0 amide bonds. The zero-order valence-corrected chi connectivity index (χ0v) is 33.1. The fraction of sp³-hybridized carbons (Fsp3) is 0.0727. The monoisotopic (exact) mass is 758 g/mol. The molecular formula is C55H42N4. The summed E-state index contributed by atoms with van der Waals surface area (Å²) >= 11 is 0. The molecule has 0 bridgehead atoms. The molecular weight excluding hydrogens is 717 g/mol. The van der Waals surface area contributed by atoms with Crippen LogP contribution in [0, 0.1) is 6.92 Å². The highest BCUT2D eigenvalue weighted by molar-refractivity contribution is 6.11. The first-order chi connectivity index (χ1) is 29.1. The Balaban J connectivity index is 1.07. The summed E-state index contributed by atoms with van der Waals surface area (Å²) in [5.41, 5.74) is 15.0. The van der Waals surface area contributed by atoms with Crippen LogP contribution in [0.15, 0.2) is 200 Å². The van der Waals surface area contributed by atoms with Crippen molar-refractivity contribution in [2.45, 2.75) is 26.2 Å². The Kier molecular flexibility index (Phi) is 9.44. The van der Waals surface area contributed by atoms with Gasteiger partial charge in [-0.25, -0.2) is 15.0 Å². The van der Waals surface area contributed by atoms with E-state index in [1.807, 2.05) is 36.4 Å². The topological polar surface area (TPSA) is 43.6 Å². The Bertz CT molecular complexity index is 3080. The van der Waals surface area contributed by atoms with E-state index in [4.69, 9.17) is 15.0 Å². The lowest BCUT2D eigenvalue weighted by Crippen LogP contribution is -2.02. The van der Waals surface area contributed by atoms with Gasteiger partial charge in [0.25, 0.3) is 0 Å². The number of aromatic nitrogens is 4. The van der Waals surface area contributed by atoms with Gasteiger partial charge in [-0.1, -0.05) is 159 Å². The molecule has 282 valence electrons. The van der Waals surface area contributed by atoms with Crippen LogP contribution in [0.4, 0.5) is 0 Å². The van der Waals surface area contributed by atoms with Crippen LogP contribution in [0.2, 0.25) is 0 Å². The fourth-order valence-electron chi connectivity index (χ4n) is 8.63. The van der Waals surface area contributed by atoms with Crippen LogP contribution >= 0.6 is 0 Å². The van der Waals surface area contributed by atoms with Crippen molar-refractivity contribution in [3.05, 3.63) is 217 Å². The van der Waals surface area contributed by atoms with Crippen molar-refractivity contribution in [3.8, 4) is 62.1 Å². The number of nitrogens with zero attached hydrogens (tertiary/aromatic N) is 4. The van der Waals surface area contributed by atoms with Gasteiger partial charge in [-0.2, -0.15) is 0 Å². The molecule has 0 radical (unpaired) electrons. The first-order valence-electron chi connectivity index (χ1n) is 20.4. The standard InChI is InChI=1S/C55H42N4/c1-3-45(39-20-9-5-10-21-39)46-26-13-14-27-47(46)49-36-50-48-28-15-16-29-51(48)59(52(50)34-37(49)2)44-32-30-41(31-33-44)54-56-53(40-22-11-6-12-23-40)57-55(58-54)43-25-17-24-42(35-43)38-18-7-4-8-19-38/h4-36,45H,3H2,1-2H3. The van der Waals surface area contributed by atoms with E-state index in [9.17, 15) is 0 Å². The minimum Gasteiger partial charge on any atom is -0.309 e. The Hall–Kier alpha value is -7.43. The number of rotatable bonds is 9. The maximum Gasteiger partial charge on any atom is 0.164 e. The van der Waals surface area contributed by atoms with Crippen molar-refractivity contribution < 1.29 is 0 Å². The van der Waals surface area contributed by atoms with Crippen LogP contribution < -0.4 is 0 Å². The molecule has 10 rings (SSSR count). The Morgan fingerprint density at radius 2 is 0.983 bits per heavy atom. The van der Waals surface area contributed by atoms with Crippen molar-refractivity contribution >= 4 is 21.8 Å². The largest absolute Gasteiger partial charge is 0.309 e. The average Bonchev–Trinajstić information content (AvgIpc) is 3.63. The molecule has 0 aliphatic rings. The first kappa shape index (κ1) is 35.9. The lowest BCUT2D eigenvalue weighted by Gasteiger charge is -2.21. The summed E-state index contributed by atoms with van der Waals surface area (Å²) in [7, 11) is 0. The van der Waals surface area contributed by atoms with Crippen molar-refractivity contribution in [1.82, 2.24) is 19.5 Å². The van der Waals surface area contributed by atoms with Crippen molar-refractivity contribution in [1.29, 1.82) is 0 Å². The van der Waals surface area contributed by atoms with Gasteiger partial charge in [0, 0.05) is 39.1 Å². The summed E-state index contributed by atoms with van der Waals surface area (Å²) < 4.78 is 2.39. The minimum absolute atomic E-state index is 0.311. The van der Waals surface area contributed by atoms with Crippen molar-refractivity contribution in [2.75, 3.05) is 0 Å². The third-order valence-corrected chi connectivity index (χ3v) is 11.5. The molecule has 0 saturated carbocycles. The van der Waals surface area contributed by atoms with Crippen molar-refractivity contribution in [3.63, 3.8) is 0 Å². The molecule has 1 atom stereocenters. The molecule has 4 nitrogen and oxygen atoms in total. The summed E-state index contributed by atoms with van der Waals surface area (Å²) in [4.78, 5) is 15.1. The predicted octanol–water partition coefficient (Wildman–Crippen LogP) is 14.2. The fourth-order valence-corrected chi connectivity index (χ4v) is 8.63. The van der Waals surface area contributed by atoms with E-state index in [0.717, 1.165) is 39.9 Å². The van der Waals surface area contributed by atoms with Gasteiger partial charge < -0.3 is 4.57 Å². The molecule has 2 heterocycles. The van der Waals surface area contributed by atoms with Gasteiger partial charge >= 0.3 is 0 Å². The quantitative estimate of drug-likeness (QED) is 0.147. The van der Waals surface area contributed by atoms with Crippen LogP contribution in [-0.2, 0) is 0 Å². The number of benzene rings is 8. The zero-order chi connectivity index (χ0) is 39.7. The molecule has 0 fully saturated rings. The second-order valence-electron chi connectivity index (χ2n) is 15.2. The summed E-state index contributed by atoms with van der Waals surface area (Å²) in [5, 5.41) is 2.47. The number of para-hydroxylation sites is 1. The van der Waals surface area contributed by atoms with Crippen LogP contribution in [0.25, 0.3) is 83.9 Å². The van der Waals surface area contributed by atoms with E-state index in [0.29, 0.717) is 23.4 Å². The summed E-state index contributed by atoms with van der Waals surface area (Å²) in [6.07, 6.45) is 1.03. The molecule has 0 spiro atoms. The third-order valence-electron chi connectivity index (χ3n) is 11.5. The molecule has 10 aromatic rings. The van der Waals surface area contributed by atoms with E-state index in [1.165, 1.54) is 49.6 Å². The van der Waals surface area contributed by atoms with Gasteiger partial charge in [0.15, 0.2) is 17.5 Å². The summed E-state index contributed by atoms with van der Waals surface area (Å²) in [6, 6.07) is 71.0. The van der Waals surface area contributed by atoms with E-state index < -0.39 is 0 Å². The predicted molar refractivity (Wildman–Crippen MR) is 245 cm³/mol. The molecule has 0 saturated heterocycles. The van der Waals surface area contributed by atoms with Gasteiger partial charge in [-0.05, 0) is 101 Å². The molecule has 0 aliphatic carbocycles. The van der Waals surface area contributed by atoms with Crippen LogP contribution in [-0.4, -0.2) is 19.5 Å². The van der Waals surface area contributed by atoms with Gasteiger partial charge in [-0.3, -0.25) is 0 Å². The maximum absolute atomic E-state index is 5.09. The summed E-state index contributed by atoms with van der Waals surface area (Å²) in [5.74, 6) is 2.22. The third kappa shape index (κ3) is 6.79. The molecule has 8 aromatic carbocycles. The van der Waals surface area contributed by atoms with Gasteiger partial charge in [0.1, 0.15) is 0 Å². The Morgan fingerprint density at radius 3 is 1.69 bits per heavy atom. The molecule has 1 unspecified atom stereocenters. The van der Waals surface area contributed by atoms with Crippen molar-refractivity contribution in [2.24, 2.45) is 0 Å². The minimum atomic E-state index is 0.311. The summed E-state index contributed by atoms with van der Waals surface area (Å²) in [6.45, 7) is 4.54. The smallest absolute Gasteiger partial charge is 0.164 e. The number of fused-ring (bicyclic) bond motifs is 3. The van der Waals surface area contributed by atoms with E-state index in [-0.39, 0.29) is 0 Å². The molecule has 0 N–H and O–H groups in total. The maximum atomic E-state index is 5.09. The van der Waals surface area contributed by atoms with Crippen LogP contribution in [0.5, 0.6) is 0 Å². The van der Waals surface area contributed by atoms with E-state index in [1.54, 1.807) is 0 Å². The average molecular weight is 759 g/mol. The number of hydrogen-bond donors (Lipinski definition) is 0. The van der Waals surface area contributed by atoms with E-state index >= 15 is 0 Å². The normalized spacial score (nSPS) is 11.9. The highest BCUT2D eigenvalue weighted by Gasteiger charge is 2.21. The van der Waals surface area contributed by atoms with Gasteiger partial charge in [0.2, 0.25) is 0 Å². The highest BCUT2D eigenvalue weighted by Crippen LogP contribution is 2.41. The number of hydrogen-bond acceptors (Lipinski definition) is 3. The first-order valence-corrected chi connectivity index (χ1v) is 20.4. The molecule has 0 aliphatic heterocycles. The van der Waals surface area contributed by atoms with E-state index in [2.05, 4.69) is 182 Å². The molecule has 4 heteroatoms. The second kappa shape index (κ2) is 15.5. The lowest BCUT2D eigenvalue weighted by molar-refractivity contribution is 0.779. The molecule has 2 aromatic heterocycles. The lowest BCUT2D eigenvalue weighted by atomic mass is 9.83. The zero-order valence-electron chi connectivity index (χ0n) is 33.1. The molecule has 59 heavy (non-hydrogen) atoms. The second-order valence-corrected chi connectivity index (χ2v) is 15.2. The SMILES string of the molecule is CCC(c1ccccc1)c1ccccc1-c1cc2c3ccccc3n(-c3ccc(-c4nc(-c5ccccc5)nc(-c5cccc(-c6ccccc6)c5)n4)cc3)c2cc1C. The highest BCUT2D eigenvalue weighted by atomic mass is 15.0. The van der Waals surface area contributed by atoms with Gasteiger partial charge in [0.05, 0.1) is 11.0 Å². The van der Waals surface area contributed by atoms with Crippen LogP contribution in [0.1, 0.15) is 36.0 Å². The van der Waals surface area contributed by atoms with Gasteiger partial charge in [-0.15, -0.1) is 0 Å². The number of aryl methyl sites for hydroxylation is 1. The Labute approximate surface area is 345 Å².